The molecule has 0 amide bonds. The summed E-state index contributed by atoms with van der Waals surface area (Å²) in [6.45, 7) is 2.66. The number of nitrogens with zero attached hydrogens (tertiary/aromatic N) is 1. The molecule has 3 N–H and O–H groups in total. The number of nitrogens with two attached hydrogens (primary N) is 1. The zero-order valence-electron chi connectivity index (χ0n) is 12.1. The van der Waals surface area contributed by atoms with Crippen LogP contribution in [0.5, 0.6) is 0 Å². The van der Waals surface area contributed by atoms with Crippen molar-refractivity contribution in [3.63, 3.8) is 0 Å². The Labute approximate surface area is 130 Å². The number of aliphatic hydroxyl groups is 1. The van der Waals surface area contributed by atoms with E-state index < -0.39 is 21.3 Å². The zero-order chi connectivity index (χ0) is 15.5. The number of rotatable bonds is 5. The standard InChI is InChI=1S/C14H22N2O3S2/c1-2-21(18,19)14-10-20-7-6-16(14)9-13(17)11-4-3-5-12(15)8-11/h3-5,8,13-14,17H,2,6-7,9-10,15H2,1H3. The van der Waals surface area contributed by atoms with Gasteiger partial charge in [0.15, 0.2) is 9.84 Å². The summed E-state index contributed by atoms with van der Waals surface area (Å²) in [5.74, 6) is 1.59. The van der Waals surface area contributed by atoms with Crippen molar-refractivity contribution in [2.24, 2.45) is 0 Å². The van der Waals surface area contributed by atoms with Crippen LogP contribution < -0.4 is 5.73 Å². The van der Waals surface area contributed by atoms with Crippen LogP contribution in [-0.4, -0.2) is 54.1 Å². The van der Waals surface area contributed by atoms with Crippen LogP contribution in [0.25, 0.3) is 0 Å². The number of hydrogen-bond acceptors (Lipinski definition) is 6. The highest BCUT2D eigenvalue weighted by atomic mass is 32.2. The summed E-state index contributed by atoms with van der Waals surface area (Å²) in [4.78, 5) is 1.88. The Morgan fingerprint density at radius 1 is 1.52 bits per heavy atom. The lowest BCUT2D eigenvalue weighted by atomic mass is 10.1. The fourth-order valence-corrected chi connectivity index (χ4v) is 5.53. The van der Waals surface area contributed by atoms with E-state index in [1.165, 1.54) is 0 Å². The largest absolute Gasteiger partial charge is 0.399 e. The van der Waals surface area contributed by atoms with E-state index in [0.29, 0.717) is 24.5 Å². The van der Waals surface area contributed by atoms with Gasteiger partial charge in [-0.2, -0.15) is 11.8 Å². The van der Waals surface area contributed by atoms with Gasteiger partial charge in [0.25, 0.3) is 0 Å². The molecule has 1 fully saturated rings. The van der Waals surface area contributed by atoms with Gasteiger partial charge in [-0.05, 0) is 17.7 Å². The molecule has 0 aromatic heterocycles. The second-order valence-corrected chi connectivity index (χ2v) is 8.76. The minimum Gasteiger partial charge on any atom is -0.399 e. The second-order valence-electron chi connectivity index (χ2n) is 5.16. The van der Waals surface area contributed by atoms with Crippen LogP contribution in [0.3, 0.4) is 0 Å². The smallest absolute Gasteiger partial charge is 0.166 e. The third kappa shape index (κ3) is 4.12. The lowest BCUT2D eigenvalue weighted by molar-refractivity contribution is 0.111. The van der Waals surface area contributed by atoms with Crippen LogP contribution in [-0.2, 0) is 9.84 Å². The third-order valence-corrected chi connectivity index (χ3v) is 7.04. The Kier molecular flexibility index (Phi) is 5.54. The van der Waals surface area contributed by atoms with Crippen LogP contribution in [0, 0.1) is 0 Å². The molecule has 2 rings (SSSR count). The summed E-state index contributed by atoms with van der Waals surface area (Å²) in [6, 6.07) is 7.09. The van der Waals surface area contributed by atoms with Crippen LogP contribution in [0.2, 0.25) is 0 Å². The first kappa shape index (κ1) is 16.6. The summed E-state index contributed by atoms with van der Waals surface area (Å²) >= 11 is 1.65. The molecule has 0 radical (unpaired) electrons. The van der Waals surface area contributed by atoms with Gasteiger partial charge in [-0.1, -0.05) is 19.1 Å². The summed E-state index contributed by atoms with van der Waals surface area (Å²) in [6.07, 6.45) is -0.730. The first-order chi connectivity index (χ1) is 9.94. The number of anilines is 1. The van der Waals surface area contributed by atoms with Gasteiger partial charge in [-0.3, -0.25) is 4.90 Å². The van der Waals surface area contributed by atoms with Crippen LogP contribution in [0.4, 0.5) is 5.69 Å². The van der Waals surface area contributed by atoms with Gasteiger partial charge >= 0.3 is 0 Å². The van der Waals surface area contributed by atoms with Gasteiger partial charge in [-0.15, -0.1) is 0 Å². The summed E-state index contributed by atoms with van der Waals surface area (Å²) in [5.41, 5.74) is 7.04. The predicted molar refractivity (Wildman–Crippen MR) is 88.0 cm³/mol. The molecule has 0 bridgehead atoms. The highest BCUT2D eigenvalue weighted by molar-refractivity contribution is 8.01. The van der Waals surface area contributed by atoms with Crippen LogP contribution in [0.15, 0.2) is 24.3 Å². The van der Waals surface area contributed by atoms with E-state index in [-0.39, 0.29) is 5.75 Å². The highest BCUT2D eigenvalue weighted by Crippen LogP contribution is 2.25. The van der Waals surface area contributed by atoms with Crippen molar-refractivity contribution in [2.45, 2.75) is 18.4 Å². The molecular formula is C14H22N2O3S2. The Bertz CT molecular complexity index is 577. The fourth-order valence-electron chi connectivity index (χ4n) is 2.44. The van der Waals surface area contributed by atoms with Gasteiger partial charge < -0.3 is 10.8 Å². The van der Waals surface area contributed by atoms with Crippen molar-refractivity contribution in [1.29, 1.82) is 0 Å². The molecular weight excluding hydrogens is 308 g/mol. The highest BCUT2D eigenvalue weighted by Gasteiger charge is 2.33. The lowest BCUT2D eigenvalue weighted by Gasteiger charge is -2.35. The van der Waals surface area contributed by atoms with Crippen molar-refractivity contribution < 1.29 is 13.5 Å². The topological polar surface area (TPSA) is 83.6 Å². The summed E-state index contributed by atoms with van der Waals surface area (Å²) in [7, 11) is -3.14. The first-order valence-electron chi connectivity index (χ1n) is 7.01. The van der Waals surface area contributed by atoms with Crippen molar-refractivity contribution in [2.75, 3.05) is 36.1 Å². The fraction of sp³-hybridized carbons (Fsp3) is 0.571. The van der Waals surface area contributed by atoms with E-state index >= 15 is 0 Å². The van der Waals surface area contributed by atoms with Crippen molar-refractivity contribution in [1.82, 2.24) is 4.90 Å². The number of β-amino-alcohol motifs (C(OH)–C–C–N with tert-alkyl or cyclic N) is 1. The molecule has 1 heterocycles. The van der Waals surface area contributed by atoms with Crippen LogP contribution in [0.1, 0.15) is 18.6 Å². The SMILES string of the molecule is CCS(=O)(=O)C1CSCCN1CC(O)c1cccc(N)c1. The van der Waals surface area contributed by atoms with E-state index in [4.69, 9.17) is 5.73 Å². The molecule has 21 heavy (non-hydrogen) atoms. The van der Waals surface area contributed by atoms with Gasteiger partial charge in [0.05, 0.1) is 6.10 Å². The monoisotopic (exact) mass is 330 g/mol. The average Bonchev–Trinajstić information content (AvgIpc) is 2.47. The Morgan fingerprint density at radius 2 is 2.29 bits per heavy atom. The minimum atomic E-state index is -3.14. The summed E-state index contributed by atoms with van der Waals surface area (Å²) < 4.78 is 24.4. The van der Waals surface area contributed by atoms with Gasteiger partial charge in [-0.25, -0.2) is 8.42 Å². The van der Waals surface area contributed by atoms with Crippen molar-refractivity contribution in [3.8, 4) is 0 Å². The number of aliphatic hydroxyl groups excluding tert-OH is 1. The molecule has 118 valence electrons. The molecule has 1 saturated heterocycles. The molecule has 0 aliphatic carbocycles. The number of sulfone groups is 1. The quantitative estimate of drug-likeness (QED) is 0.787. The first-order valence-corrected chi connectivity index (χ1v) is 9.88. The predicted octanol–water partition coefficient (Wildman–Crippen LogP) is 1.11. The number of hydrogen-bond donors (Lipinski definition) is 2. The number of benzene rings is 1. The molecule has 5 nitrogen and oxygen atoms in total. The summed E-state index contributed by atoms with van der Waals surface area (Å²) in [5, 5.41) is 9.85. The molecule has 2 unspecified atom stereocenters. The Morgan fingerprint density at radius 3 is 2.95 bits per heavy atom. The maximum absolute atomic E-state index is 12.2. The molecule has 2 atom stereocenters. The van der Waals surface area contributed by atoms with E-state index in [2.05, 4.69) is 0 Å². The van der Waals surface area contributed by atoms with Crippen molar-refractivity contribution in [3.05, 3.63) is 29.8 Å². The molecule has 7 heteroatoms. The molecule has 0 saturated carbocycles. The Hall–Kier alpha value is -0.760. The van der Waals surface area contributed by atoms with Gasteiger partial charge in [0.1, 0.15) is 5.37 Å². The molecule has 1 aliphatic rings. The van der Waals surface area contributed by atoms with Gasteiger partial charge in [0.2, 0.25) is 0 Å². The van der Waals surface area contributed by atoms with Gasteiger partial charge in [0, 0.05) is 36.0 Å². The van der Waals surface area contributed by atoms with E-state index in [1.807, 2.05) is 11.0 Å². The Balaban J connectivity index is 2.12. The van der Waals surface area contributed by atoms with E-state index in [0.717, 1.165) is 11.3 Å². The normalized spacial score (nSPS) is 22.1. The lowest BCUT2D eigenvalue weighted by Crippen LogP contribution is -2.49. The van der Waals surface area contributed by atoms with Crippen LogP contribution >= 0.6 is 11.8 Å². The van der Waals surface area contributed by atoms with Crippen molar-refractivity contribution >= 4 is 27.3 Å². The number of nitrogen functional groups attached to an aromatic ring is 1. The maximum Gasteiger partial charge on any atom is 0.166 e. The average molecular weight is 330 g/mol. The van der Waals surface area contributed by atoms with E-state index in [1.54, 1.807) is 36.9 Å². The molecule has 0 spiro atoms. The van der Waals surface area contributed by atoms with E-state index in [9.17, 15) is 13.5 Å². The third-order valence-electron chi connectivity index (χ3n) is 3.71. The molecule has 1 aromatic carbocycles. The zero-order valence-corrected chi connectivity index (χ0v) is 13.7. The second kappa shape index (κ2) is 7.00. The molecule has 1 aromatic rings. The maximum atomic E-state index is 12.2. The molecule has 1 aliphatic heterocycles. The minimum absolute atomic E-state index is 0.128. The number of thioether (sulfide) groups is 1.